The van der Waals surface area contributed by atoms with Gasteiger partial charge in [0.1, 0.15) is 5.78 Å². The summed E-state index contributed by atoms with van der Waals surface area (Å²) >= 11 is 0. The van der Waals surface area contributed by atoms with E-state index in [1.807, 2.05) is 67.6 Å². The second-order valence-corrected chi connectivity index (χ2v) is 12.5. The van der Waals surface area contributed by atoms with Crippen LogP contribution in [0.1, 0.15) is 55.9 Å². The fourth-order valence-electron chi connectivity index (χ4n) is 5.12. The van der Waals surface area contributed by atoms with Crippen LogP contribution in [-0.4, -0.2) is 47.2 Å². The zero-order valence-corrected chi connectivity index (χ0v) is 26.9. The number of ketones is 3. The summed E-state index contributed by atoms with van der Waals surface area (Å²) in [4.78, 5) is 78.0. The molecule has 0 aromatic heterocycles. The van der Waals surface area contributed by atoms with Crippen LogP contribution in [0.5, 0.6) is 0 Å². The molecule has 0 spiro atoms. The predicted octanol–water partition coefficient (Wildman–Crippen LogP) is 3.63. The van der Waals surface area contributed by atoms with E-state index in [4.69, 9.17) is 5.73 Å². The molecule has 3 rings (SSSR count). The molecule has 46 heavy (non-hydrogen) atoms. The number of hydrogen-bond acceptors (Lipinski definition) is 6. The van der Waals surface area contributed by atoms with E-state index < -0.39 is 52.7 Å². The first-order valence-electron chi connectivity index (χ1n) is 15.4. The summed E-state index contributed by atoms with van der Waals surface area (Å²) in [5.41, 5.74) is 7.77. The minimum atomic E-state index is -1.23. The number of aryl methyl sites for hydroxylation is 1. The molecule has 3 unspecified atom stereocenters. The van der Waals surface area contributed by atoms with Gasteiger partial charge in [-0.05, 0) is 43.4 Å². The quantitative estimate of drug-likeness (QED) is 0.195. The van der Waals surface area contributed by atoms with Gasteiger partial charge in [0.25, 0.3) is 5.91 Å². The summed E-state index contributed by atoms with van der Waals surface area (Å²) in [5, 5.41) is 5.14. The van der Waals surface area contributed by atoms with Crippen molar-refractivity contribution in [1.82, 2.24) is 10.6 Å². The summed E-state index contributed by atoms with van der Waals surface area (Å²) in [7, 11) is 0. The van der Waals surface area contributed by atoms with E-state index in [9.17, 15) is 28.8 Å². The number of Topliss-reactive ketones (excluding diaryl/α,β-unsaturated/α-hetero) is 3. The predicted molar refractivity (Wildman–Crippen MR) is 175 cm³/mol. The number of rotatable bonds is 17. The van der Waals surface area contributed by atoms with Crippen molar-refractivity contribution in [2.45, 2.75) is 71.9 Å². The molecule has 0 aliphatic heterocycles. The van der Waals surface area contributed by atoms with E-state index in [1.165, 1.54) is 20.8 Å². The Morgan fingerprint density at radius 1 is 0.761 bits per heavy atom. The van der Waals surface area contributed by atoms with Gasteiger partial charge in [0.15, 0.2) is 5.78 Å². The summed E-state index contributed by atoms with van der Waals surface area (Å²) in [6.07, 6.45) is 0.239. The third kappa shape index (κ3) is 10.9. The molecule has 0 aliphatic rings. The number of primary amides is 1. The van der Waals surface area contributed by atoms with Gasteiger partial charge in [-0.15, -0.1) is 0 Å². The highest BCUT2D eigenvalue weighted by atomic mass is 16.2. The van der Waals surface area contributed by atoms with Crippen molar-refractivity contribution in [3.05, 3.63) is 107 Å². The molecule has 4 N–H and O–H groups in total. The molecule has 3 aromatic carbocycles. The first-order chi connectivity index (χ1) is 21.7. The van der Waals surface area contributed by atoms with E-state index >= 15 is 0 Å². The highest BCUT2D eigenvalue weighted by molar-refractivity contribution is 6.38. The van der Waals surface area contributed by atoms with Crippen molar-refractivity contribution >= 4 is 35.1 Å². The molecular formula is C37H43N3O6. The molecule has 9 nitrogen and oxygen atoms in total. The van der Waals surface area contributed by atoms with Crippen LogP contribution in [0.3, 0.4) is 0 Å². The second-order valence-electron chi connectivity index (χ2n) is 12.5. The topological polar surface area (TPSA) is 152 Å². The number of nitrogens with two attached hydrogens (primary N) is 1. The maximum Gasteiger partial charge on any atom is 0.290 e. The number of carbonyl (C=O) groups excluding carboxylic acids is 6. The molecule has 0 aliphatic carbocycles. The standard InChI is InChI=1S/C37H43N3O6/c1-24-12-11-17-28(18-24)20-30(41)22-29(19-26-13-7-5-8-14-26)34(44)39-25(2)33(43)35(45)40-31(21-27-15-9-6-10-16-27)32(42)23-37(3,4)36(38)46/h5-18,25,29,31H,19-23H2,1-4H3,(H2,38,46)(H,39,44)(H,40,45). The van der Waals surface area contributed by atoms with Crippen molar-refractivity contribution in [3.8, 4) is 0 Å². The minimum Gasteiger partial charge on any atom is -0.369 e. The van der Waals surface area contributed by atoms with Gasteiger partial charge in [0.2, 0.25) is 17.6 Å². The van der Waals surface area contributed by atoms with Gasteiger partial charge in [0.05, 0.1) is 17.5 Å². The van der Waals surface area contributed by atoms with Gasteiger partial charge in [-0.1, -0.05) is 104 Å². The Labute approximate surface area is 270 Å². The zero-order valence-electron chi connectivity index (χ0n) is 26.9. The lowest BCUT2D eigenvalue weighted by Gasteiger charge is -2.24. The third-order valence-corrected chi connectivity index (χ3v) is 7.89. The van der Waals surface area contributed by atoms with Crippen molar-refractivity contribution < 1.29 is 28.8 Å². The number of hydrogen-bond donors (Lipinski definition) is 3. The van der Waals surface area contributed by atoms with E-state index in [0.29, 0.717) is 0 Å². The summed E-state index contributed by atoms with van der Waals surface area (Å²) in [6.45, 7) is 6.40. The van der Waals surface area contributed by atoms with E-state index in [0.717, 1.165) is 22.3 Å². The molecule has 0 heterocycles. The van der Waals surface area contributed by atoms with Crippen LogP contribution in [0.25, 0.3) is 0 Å². The Kier molecular flexibility index (Phi) is 12.7. The fourth-order valence-corrected chi connectivity index (χ4v) is 5.12. The molecule has 3 amide bonds. The van der Waals surface area contributed by atoms with Crippen molar-refractivity contribution in [2.24, 2.45) is 17.1 Å². The molecular weight excluding hydrogens is 582 g/mol. The molecule has 9 heteroatoms. The Morgan fingerprint density at radius 2 is 1.33 bits per heavy atom. The van der Waals surface area contributed by atoms with Crippen LogP contribution in [0.15, 0.2) is 84.9 Å². The average Bonchev–Trinajstić information content (AvgIpc) is 3.00. The third-order valence-electron chi connectivity index (χ3n) is 7.89. The summed E-state index contributed by atoms with van der Waals surface area (Å²) in [5.74, 6) is -4.55. The molecule has 242 valence electrons. The van der Waals surface area contributed by atoms with Crippen LogP contribution in [-0.2, 0) is 48.0 Å². The molecule has 0 fully saturated rings. The van der Waals surface area contributed by atoms with E-state index in [-0.39, 0.29) is 37.9 Å². The second kappa shape index (κ2) is 16.4. The molecule has 3 atom stereocenters. The Morgan fingerprint density at radius 3 is 1.89 bits per heavy atom. The Bertz CT molecular complexity index is 1550. The van der Waals surface area contributed by atoms with Gasteiger partial charge in [-0.3, -0.25) is 28.8 Å². The molecule has 0 saturated heterocycles. The van der Waals surface area contributed by atoms with Crippen molar-refractivity contribution in [3.63, 3.8) is 0 Å². The monoisotopic (exact) mass is 625 g/mol. The highest BCUT2D eigenvalue weighted by Gasteiger charge is 2.34. The lowest BCUT2D eigenvalue weighted by atomic mass is 9.84. The zero-order chi connectivity index (χ0) is 33.9. The first-order valence-corrected chi connectivity index (χ1v) is 15.4. The molecule has 3 aromatic rings. The number of benzene rings is 3. The smallest absolute Gasteiger partial charge is 0.290 e. The van der Waals surface area contributed by atoms with Crippen LogP contribution >= 0.6 is 0 Å². The lowest BCUT2D eigenvalue weighted by Crippen LogP contribution is -2.52. The van der Waals surface area contributed by atoms with E-state index in [2.05, 4.69) is 10.6 Å². The Balaban J connectivity index is 1.72. The van der Waals surface area contributed by atoms with Crippen molar-refractivity contribution in [1.29, 1.82) is 0 Å². The lowest BCUT2D eigenvalue weighted by molar-refractivity contribution is -0.141. The van der Waals surface area contributed by atoms with Gasteiger partial charge >= 0.3 is 0 Å². The SMILES string of the molecule is Cc1cccc(CC(=O)CC(Cc2ccccc2)C(=O)NC(C)C(=O)C(=O)NC(Cc2ccccc2)C(=O)CC(C)(C)C(N)=O)c1. The maximum absolute atomic E-state index is 13.5. The van der Waals surface area contributed by atoms with E-state index in [1.54, 1.807) is 24.3 Å². The minimum absolute atomic E-state index is 0.0505. The highest BCUT2D eigenvalue weighted by Crippen LogP contribution is 2.22. The number of nitrogens with one attached hydrogen (secondary N) is 2. The molecule has 0 bridgehead atoms. The summed E-state index contributed by atoms with van der Waals surface area (Å²) in [6, 6.07) is 23.5. The Hall–Kier alpha value is -4.92. The van der Waals surface area contributed by atoms with Crippen LogP contribution < -0.4 is 16.4 Å². The largest absolute Gasteiger partial charge is 0.369 e. The molecule has 0 radical (unpaired) electrons. The fraction of sp³-hybridized carbons (Fsp3) is 0.351. The molecule has 0 saturated carbocycles. The number of carbonyl (C=O) groups is 6. The average molecular weight is 626 g/mol. The summed E-state index contributed by atoms with van der Waals surface area (Å²) < 4.78 is 0. The van der Waals surface area contributed by atoms with Gasteiger partial charge < -0.3 is 16.4 Å². The van der Waals surface area contributed by atoms with Crippen molar-refractivity contribution in [2.75, 3.05) is 0 Å². The number of amides is 3. The van der Waals surface area contributed by atoms with Crippen LogP contribution in [0.2, 0.25) is 0 Å². The van der Waals surface area contributed by atoms with Crippen LogP contribution in [0.4, 0.5) is 0 Å². The normalized spacial score (nSPS) is 13.1. The van der Waals surface area contributed by atoms with Gasteiger partial charge in [-0.2, -0.15) is 0 Å². The van der Waals surface area contributed by atoms with Gasteiger partial charge in [0, 0.05) is 25.2 Å². The van der Waals surface area contributed by atoms with Gasteiger partial charge in [-0.25, -0.2) is 0 Å². The maximum atomic E-state index is 13.5. The first kappa shape index (κ1) is 35.6. The van der Waals surface area contributed by atoms with Crippen LogP contribution in [0, 0.1) is 18.3 Å².